The molecule has 6 nitrogen and oxygen atoms in total. The fourth-order valence-electron chi connectivity index (χ4n) is 4.28. The summed E-state index contributed by atoms with van der Waals surface area (Å²) >= 11 is 0. The molecule has 4 rings (SSSR count). The summed E-state index contributed by atoms with van der Waals surface area (Å²) in [7, 11) is 0. The van der Waals surface area contributed by atoms with Crippen LogP contribution in [0, 0.1) is 6.92 Å². The standard InChI is InChI=1S/C28H29F3N4O2/c1-3-14-34(26(36)21-10-6-4-7-11-21)19-27(37,28(29,30)31)18-32-24-15-20(2)16-25-23(24)17-33-35(25)22-12-8-5-9-13-22/h4-13,15-17,32,37H,3,14,18-19H2,1-2H3. The van der Waals surface area contributed by atoms with Crippen LogP contribution in [0.1, 0.15) is 29.3 Å². The van der Waals surface area contributed by atoms with E-state index in [0.29, 0.717) is 17.5 Å². The van der Waals surface area contributed by atoms with Crippen LogP contribution in [0.25, 0.3) is 16.6 Å². The molecule has 2 N–H and O–H groups in total. The maximum atomic E-state index is 14.2. The van der Waals surface area contributed by atoms with Gasteiger partial charge in [0.2, 0.25) is 0 Å². The molecule has 1 aromatic heterocycles. The number of rotatable bonds is 9. The fourth-order valence-corrected chi connectivity index (χ4v) is 4.28. The van der Waals surface area contributed by atoms with Crippen LogP contribution in [-0.2, 0) is 0 Å². The quantitative estimate of drug-likeness (QED) is 0.308. The van der Waals surface area contributed by atoms with Gasteiger partial charge in [0.25, 0.3) is 5.91 Å². The van der Waals surface area contributed by atoms with Crippen LogP contribution in [-0.4, -0.2) is 57.1 Å². The fraction of sp³-hybridized carbons (Fsp3) is 0.286. The van der Waals surface area contributed by atoms with Crippen molar-refractivity contribution in [3.8, 4) is 5.69 Å². The van der Waals surface area contributed by atoms with E-state index in [1.165, 1.54) is 0 Å². The molecule has 1 unspecified atom stereocenters. The van der Waals surface area contributed by atoms with Gasteiger partial charge in [0, 0.05) is 23.2 Å². The van der Waals surface area contributed by atoms with E-state index < -0.39 is 30.8 Å². The number of hydrogen-bond donors (Lipinski definition) is 2. The Morgan fingerprint density at radius 2 is 1.70 bits per heavy atom. The zero-order valence-corrected chi connectivity index (χ0v) is 20.7. The number of benzene rings is 3. The minimum absolute atomic E-state index is 0.0741. The van der Waals surface area contributed by atoms with Crippen molar-refractivity contribution in [2.45, 2.75) is 32.0 Å². The van der Waals surface area contributed by atoms with Crippen LogP contribution in [0.2, 0.25) is 0 Å². The zero-order valence-electron chi connectivity index (χ0n) is 20.7. The van der Waals surface area contributed by atoms with E-state index in [1.54, 1.807) is 54.2 Å². The molecule has 1 heterocycles. The highest BCUT2D eigenvalue weighted by molar-refractivity contribution is 5.94. The maximum absolute atomic E-state index is 14.2. The van der Waals surface area contributed by atoms with Gasteiger partial charge in [0.15, 0.2) is 5.60 Å². The SMILES string of the molecule is CCCN(CC(O)(CNc1cc(C)cc2c1cnn2-c1ccccc1)C(F)(F)F)C(=O)c1ccccc1. The second-order valence-corrected chi connectivity index (χ2v) is 9.11. The Kier molecular flexibility index (Phi) is 7.54. The normalized spacial score (nSPS) is 13.4. The van der Waals surface area contributed by atoms with Gasteiger partial charge >= 0.3 is 6.18 Å². The van der Waals surface area contributed by atoms with E-state index >= 15 is 0 Å². The Labute approximate surface area is 213 Å². The van der Waals surface area contributed by atoms with Gasteiger partial charge in [-0.05, 0) is 55.3 Å². The summed E-state index contributed by atoms with van der Waals surface area (Å²) in [6.07, 6.45) is -2.96. The van der Waals surface area contributed by atoms with E-state index in [2.05, 4.69) is 10.4 Å². The van der Waals surface area contributed by atoms with Crippen molar-refractivity contribution in [3.63, 3.8) is 0 Å². The van der Waals surface area contributed by atoms with Crippen LogP contribution in [0.4, 0.5) is 18.9 Å². The lowest BCUT2D eigenvalue weighted by Crippen LogP contribution is -2.58. The van der Waals surface area contributed by atoms with Crippen molar-refractivity contribution in [3.05, 3.63) is 90.1 Å². The molecule has 0 bridgehead atoms. The van der Waals surface area contributed by atoms with E-state index in [1.807, 2.05) is 43.3 Å². The van der Waals surface area contributed by atoms with Crippen molar-refractivity contribution >= 4 is 22.5 Å². The number of aliphatic hydroxyl groups is 1. The lowest BCUT2D eigenvalue weighted by atomic mass is 10.0. The number of anilines is 1. The van der Waals surface area contributed by atoms with Crippen molar-refractivity contribution in [2.75, 3.05) is 25.0 Å². The molecule has 9 heteroatoms. The van der Waals surface area contributed by atoms with E-state index in [9.17, 15) is 23.1 Å². The summed E-state index contributed by atoms with van der Waals surface area (Å²) in [5.74, 6) is -0.563. The largest absolute Gasteiger partial charge is 0.420 e. The van der Waals surface area contributed by atoms with Gasteiger partial charge in [-0.15, -0.1) is 0 Å². The molecule has 0 radical (unpaired) electrons. The molecular weight excluding hydrogens is 481 g/mol. The van der Waals surface area contributed by atoms with E-state index in [4.69, 9.17) is 0 Å². The van der Waals surface area contributed by atoms with Crippen LogP contribution in [0.5, 0.6) is 0 Å². The minimum atomic E-state index is -4.99. The average molecular weight is 511 g/mol. The van der Waals surface area contributed by atoms with Crippen molar-refractivity contribution < 1.29 is 23.1 Å². The zero-order chi connectivity index (χ0) is 26.6. The van der Waals surface area contributed by atoms with Crippen molar-refractivity contribution in [2.24, 2.45) is 0 Å². The number of alkyl halides is 3. The second kappa shape index (κ2) is 10.6. The predicted molar refractivity (Wildman–Crippen MR) is 138 cm³/mol. The number of aryl methyl sites for hydroxylation is 1. The molecular formula is C28H29F3N4O2. The number of hydrogen-bond acceptors (Lipinski definition) is 4. The van der Waals surface area contributed by atoms with Crippen LogP contribution in [0.15, 0.2) is 79.0 Å². The molecule has 0 spiro atoms. The molecule has 0 aliphatic heterocycles. The highest BCUT2D eigenvalue weighted by atomic mass is 19.4. The summed E-state index contributed by atoms with van der Waals surface area (Å²) in [6.45, 7) is 1.94. The number of carbonyl (C=O) groups is 1. The number of nitrogens with zero attached hydrogens (tertiary/aromatic N) is 3. The van der Waals surface area contributed by atoms with Gasteiger partial charge in [-0.2, -0.15) is 18.3 Å². The van der Waals surface area contributed by atoms with Gasteiger partial charge in [-0.3, -0.25) is 4.79 Å². The Morgan fingerprint density at radius 3 is 2.32 bits per heavy atom. The first-order chi connectivity index (χ1) is 17.6. The van der Waals surface area contributed by atoms with Gasteiger partial charge in [0.1, 0.15) is 0 Å². The molecule has 194 valence electrons. The third-order valence-electron chi connectivity index (χ3n) is 6.19. The predicted octanol–water partition coefficient (Wildman–Crippen LogP) is 5.59. The second-order valence-electron chi connectivity index (χ2n) is 9.11. The topological polar surface area (TPSA) is 70.4 Å². The van der Waals surface area contributed by atoms with Gasteiger partial charge in [-0.1, -0.05) is 43.3 Å². The van der Waals surface area contributed by atoms with Crippen LogP contribution < -0.4 is 5.32 Å². The molecule has 0 fully saturated rings. The minimum Gasteiger partial charge on any atom is -0.381 e. The molecule has 1 amide bonds. The average Bonchev–Trinajstić information content (AvgIpc) is 3.31. The third-order valence-corrected chi connectivity index (χ3v) is 6.19. The van der Waals surface area contributed by atoms with Gasteiger partial charge in [0.05, 0.1) is 30.5 Å². The smallest absolute Gasteiger partial charge is 0.381 e. The maximum Gasteiger partial charge on any atom is 0.420 e. The summed E-state index contributed by atoms with van der Waals surface area (Å²) in [4.78, 5) is 14.0. The Bertz CT molecular complexity index is 1360. The Balaban J connectivity index is 1.63. The first-order valence-electron chi connectivity index (χ1n) is 12.0. The molecule has 3 aromatic carbocycles. The van der Waals surface area contributed by atoms with Crippen molar-refractivity contribution in [1.82, 2.24) is 14.7 Å². The lowest BCUT2D eigenvalue weighted by molar-refractivity contribution is -0.257. The molecule has 0 aliphatic rings. The molecule has 0 aliphatic carbocycles. The highest BCUT2D eigenvalue weighted by Gasteiger charge is 2.55. The summed E-state index contributed by atoms with van der Waals surface area (Å²) in [5.41, 5.74) is -0.155. The van der Waals surface area contributed by atoms with Gasteiger partial charge < -0.3 is 15.3 Å². The summed E-state index contributed by atoms with van der Waals surface area (Å²) in [6, 6.07) is 21.1. The first kappa shape index (κ1) is 26.2. The number of nitrogens with one attached hydrogen (secondary N) is 1. The molecule has 1 atom stereocenters. The molecule has 0 saturated heterocycles. The van der Waals surface area contributed by atoms with Crippen molar-refractivity contribution in [1.29, 1.82) is 0 Å². The monoisotopic (exact) mass is 510 g/mol. The third kappa shape index (κ3) is 5.61. The van der Waals surface area contributed by atoms with Crippen LogP contribution >= 0.6 is 0 Å². The lowest BCUT2D eigenvalue weighted by Gasteiger charge is -2.36. The Morgan fingerprint density at radius 1 is 1.05 bits per heavy atom. The number of halogens is 3. The molecule has 0 saturated carbocycles. The summed E-state index contributed by atoms with van der Waals surface area (Å²) < 4.78 is 44.5. The number of para-hydroxylation sites is 1. The first-order valence-corrected chi connectivity index (χ1v) is 12.0. The highest BCUT2D eigenvalue weighted by Crippen LogP contribution is 2.34. The van der Waals surface area contributed by atoms with Gasteiger partial charge in [-0.25, -0.2) is 4.68 Å². The van der Waals surface area contributed by atoms with E-state index in [-0.39, 0.29) is 12.1 Å². The number of aromatic nitrogens is 2. The van der Waals surface area contributed by atoms with Crippen LogP contribution in [0.3, 0.4) is 0 Å². The van der Waals surface area contributed by atoms with E-state index in [0.717, 1.165) is 21.7 Å². The summed E-state index contributed by atoms with van der Waals surface area (Å²) in [5, 5.41) is 18.8. The molecule has 37 heavy (non-hydrogen) atoms. The Hall–Kier alpha value is -3.85. The number of carbonyl (C=O) groups excluding carboxylic acids is 1. The number of amides is 1. The number of fused-ring (bicyclic) bond motifs is 1. The molecule has 4 aromatic rings.